The van der Waals surface area contributed by atoms with Crippen LogP contribution in [0, 0.1) is 0 Å². The smallest absolute Gasteiger partial charge is 0.276 e. The van der Waals surface area contributed by atoms with Crippen molar-refractivity contribution in [3.05, 3.63) is 58.3 Å². The molecule has 7 heteroatoms. The molecule has 1 N–H and O–H groups in total. The molecule has 7 nitrogen and oxygen atoms in total. The first-order valence-corrected chi connectivity index (χ1v) is 9.78. The zero-order valence-electron chi connectivity index (χ0n) is 16.0. The largest absolute Gasteiger partial charge is 0.494 e. The number of anilines is 1. The van der Waals surface area contributed by atoms with Crippen LogP contribution in [0.5, 0.6) is 5.75 Å². The van der Waals surface area contributed by atoms with Crippen molar-refractivity contribution in [3.63, 3.8) is 0 Å². The Morgan fingerprint density at radius 1 is 1.18 bits per heavy atom. The third-order valence-corrected chi connectivity index (χ3v) is 5.06. The Morgan fingerprint density at radius 3 is 2.75 bits per heavy atom. The number of nitrogens with one attached hydrogen (secondary N) is 1. The fourth-order valence-electron chi connectivity index (χ4n) is 3.68. The number of carbonyl (C=O) groups is 1. The third kappa shape index (κ3) is 3.65. The second kappa shape index (κ2) is 7.88. The molecule has 146 valence electrons. The highest BCUT2D eigenvalue weighted by molar-refractivity contribution is 5.90. The summed E-state index contributed by atoms with van der Waals surface area (Å²) < 4.78 is 8.68. The Kier molecular flexibility index (Phi) is 5.14. The van der Waals surface area contributed by atoms with Gasteiger partial charge in [0.1, 0.15) is 11.3 Å². The maximum Gasteiger partial charge on any atom is 0.276 e. The molecule has 0 radical (unpaired) electrons. The normalized spacial score (nSPS) is 13.3. The van der Waals surface area contributed by atoms with Crippen LogP contribution in [0.2, 0.25) is 0 Å². The number of fused-ring (bicyclic) bond motifs is 3. The van der Waals surface area contributed by atoms with Gasteiger partial charge >= 0.3 is 0 Å². The van der Waals surface area contributed by atoms with E-state index in [1.54, 1.807) is 33.6 Å². The van der Waals surface area contributed by atoms with Gasteiger partial charge in [0.25, 0.3) is 5.56 Å². The van der Waals surface area contributed by atoms with E-state index in [9.17, 15) is 9.59 Å². The van der Waals surface area contributed by atoms with Gasteiger partial charge in [0.2, 0.25) is 5.91 Å². The number of amides is 1. The van der Waals surface area contributed by atoms with Crippen molar-refractivity contribution in [2.75, 3.05) is 11.9 Å². The molecule has 0 saturated carbocycles. The van der Waals surface area contributed by atoms with E-state index in [0.717, 1.165) is 42.7 Å². The molecule has 3 aromatic rings. The molecule has 2 aromatic heterocycles. The van der Waals surface area contributed by atoms with E-state index in [2.05, 4.69) is 10.4 Å². The molecule has 0 saturated heterocycles. The summed E-state index contributed by atoms with van der Waals surface area (Å²) in [4.78, 5) is 25.2. The molecule has 0 fully saturated rings. The predicted octanol–water partition coefficient (Wildman–Crippen LogP) is 2.80. The number of carbonyl (C=O) groups excluding carboxylic acids is 1. The lowest BCUT2D eigenvalue weighted by Crippen LogP contribution is -2.24. The highest BCUT2D eigenvalue weighted by Crippen LogP contribution is 2.22. The van der Waals surface area contributed by atoms with Crippen LogP contribution in [-0.2, 0) is 24.2 Å². The first-order valence-electron chi connectivity index (χ1n) is 9.78. The topological polar surface area (TPSA) is 77.6 Å². The molecule has 0 unspecified atom stereocenters. The van der Waals surface area contributed by atoms with E-state index in [4.69, 9.17) is 4.74 Å². The molecule has 0 bridgehead atoms. The summed E-state index contributed by atoms with van der Waals surface area (Å²) in [6, 6.07) is 7.25. The van der Waals surface area contributed by atoms with E-state index >= 15 is 0 Å². The SMILES string of the molecule is CCOc1ccc(NC(=O)CCn2ccn3nc4c(c3c2=O)CCCC4)cc1. The number of nitrogens with zero attached hydrogens (tertiary/aromatic N) is 3. The molecule has 1 aliphatic carbocycles. The van der Waals surface area contributed by atoms with Crippen LogP contribution in [-0.4, -0.2) is 26.7 Å². The summed E-state index contributed by atoms with van der Waals surface area (Å²) in [6.07, 6.45) is 7.78. The lowest BCUT2D eigenvalue weighted by atomic mass is 9.97. The van der Waals surface area contributed by atoms with Crippen molar-refractivity contribution in [1.29, 1.82) is 0 Å². The van der Waals surface area contributed by atoms with Gasteiger partial charge in [0.15, 0.2) is 0 Å². The highest BCUT2D eigenvalue weighted by Gasteiger charge is 2.19. The number of rotatable bonds is 6. The van der Waals surface area contributed by atoms with Crippen LogP contribution in [0.4, 0.5) is 5.69 Å². The zero-order chi connectivity index (χ0) is 19.5. The summed E-state index contributed by atoms with van der Waals surface area (Å²) in [5.41, 5.74) is 3.40. The Hall–Kier alpha value is -3.09. The Balaban J connectivity index is 1.44. The molecule has 1 aliphatic rings. The van der Waals surface area contributed by atoms with Crippen molar-refractivity contribution in [1.82, 2.24) is 14.2 Å². The maximum atomic E-state index is 12.9. The van der Waals surface area contributed by atoms with Crippen molar-refractivity contribution >= 4 is 17.1 Å². The van der Waals surface area contributed by atoms with E-state index in [1.165, 1.54) is 0 Å². The number of aryl methyl sites for hydroxylation is 3. The minimum absolute atomic E-state index is 0.0768. The van der Waals surface area contributed by atoms with E-state index < -0.39 is 0 Å². The number of hydrogen-bond acceptors (Lipinski definition) is 4. The molecule has 1 amide bonds. The van der Waals surface area contributed by atoms with Crippen LogP contribution in [0.3, 0.4) is 0 Å². The van der Waals surface area contributed by atoms with Crippen molar-refractivity contribution < 1.29 is 9.53 Å². The number of aromatic nitrogens is 3. The van der Waals surface area contributed by atoms with Crippen LogP contribution in [0.1, 0.15) is 37.4 Å². The standard InChI is InChI=1S/C21H24N4O3/c1-2-28-16-9-7-15(8-10-16)22-19(26)11-12-24-13-14-25-20(21(24)27)17-5-3-4-6-18(17)23-25/h7-10,13-14H,2-6,11-12H2,1H3,(H,22,26). The summed E-state index contributed by atoms with van der Waals surface area (Å²) in [5.74, 6) is 0.635. The van der Waals surface area contributed by atoms with E-state index in [0.29, 0.717) is 24.4 Å². The van der Waals surface area contributed by atoms with Gasteiger partial charge < -0.3 is 14.6 Å². The maximum absolute atomic E-state index is 12.9. The first-order chi connectivity index (χ1) is 13.7. The van der Waals surface area contributed by atoms with Gasteiger partial charge in [-0.05, 0) is 56.9 Å². The van der Waals surface area contributed by atoms with Crippen molar-refractivity contribution in [2.45, 2.75) is 45.6 Å². The first kappa shape index (κ1) is 18.3. The van der Waals surface area contributed by atoms with Crippen LogP contribution < -0.4 is 15.6 Å². The van der Waals surface area contributed by atoms with Crippen LogP contribution in [0.15, 0.2) is 41.5 Å². The molecule has 4 rings (SSSR count). The summed E-state index contributed by atoms with van der Waals surface area (Å²) in [7, 11) is 0. The predicted molar refractivity (Wildman–Crippen MR) is 107 cm³/mol. The number of hydrogen-bond donors (Lipinski definition) is 1. The van der Waals surface area contributed by atoms with E-state index in [-0.39, 0.29) is 17.9 Å². The quantitative estimate of drug-likeness (QED) is 0.713. The monoisotopic (exact) mass is 380 g/mol. The average Bonchev–Trinajstić information content (AvgIpc) is 3.08. The van der Waals surface area contributed by atoms with Gasteiger partial charge in [-0.2, -0.15) is 5.10 Å². The lowest BCUT2D eigenvalue weighted by molar-refractivity contribution is -0.116. The van der Waals surface area contributed by atoms with Gasteiger partial charge in [-0.15, -0.1) is 0 Å². The summed E-state index contributed by atoms with van der Waals surface area (Å²) in [6.45, 7) is 2.86. The average molecular weight is 380 g/mol. The molecule has 0 spiro atoms. The van der Waals surface area contributed by atoms with Crippen LogP contribution in [0.25, 0.3) is 5.52 Å². The Morgan fingerprint density at radius 2 is 1.96 bits per heavy atom. The molecule has 0 atom stereocenters. The zero-order valence-corrected chi connectivity index (χ0v) is 16.0. The fourth-order valence-corrected chi connectivity index (χ4v) is 3.68. The van der Waals surface area contributed by atoms with Gasteiger partial charge in [-0.1, -0.05) is 0 Å². The molecule has 28 heavy (non-hydrogen) atoms. The van der Waals surface area contributed by atoms with Crippen molar-refractivity contribution in [2.24, 2.45) is 0 Å². The molecular weight excluding hydrogens is 356 g/mol. The highest BCUT2D eigenvalue weighted by atomic mass is 16.5. The molecule has 2 heterocycles. The minimum atomic E-state index is -0.133. The minimum Gasteiger partial charge on any atom is -0.494 e. The second-order valence-corrected chi connectivity index (χ2v) is 6.98. The molecule has 0 aliphatic heterocycles. The Labute approximate surface area is 162 Å². The van der Waals surface area contributed by atoms with Gasteiger partial charge in [-0.3, -0.25) is 9.59 Å². The van der Waals surface area contributed by atoms with Gasteiger partial charge in [-0.25, -0.2) is 4.52 Å². The number of ether oxygens (including phenoxy) is 1. The van der Waals surface area contributed by atoms with Gasteiger partial charge in [0.05, 0.1) is 12.3 Å². The third-order valence-electron chi connectivity index (χ3n) is 5.06. The molecular formula is C21H24N4O3. The van der Waals surface area contributed by atoms with Crippen LogP contribution >= 0.6 is 0 Å². The summed E-state index contributed by atoms with van der Waals surface area (Å²) >= 11 is 0. The fraction of sp³-hybridized carbons (Fsp3) is 0.381. The van der Waals surface area contributed by atoms with Gasteiger partial charge in [0, 0.05) is 36.6 Å². The Bertz CT molecular complexity index is 1050. The number of benzene rings is 1. The lowest BCUT2D eigenvalue weighted by Gasteiger charge is -2.10. The molecule has 1 aromatic carbocycles. The second-order valence-electron chi connectivity index (χ2n) is 6.98. The van der Waals surface area contributed by atoms with E-state index in [1.807, 2.05) is 19.1 Å². The summed E-state index contributed by atoms with van der Waals surface area (Å²) in [5, 5.41) is 7.40. The van der Waals surface area contributed by atoms with Crippen molar-refractivity contribution in [3.8, 4) is 5.75 Å².